The molecular weight excluding hydrogens is 467 g/mol. The van der Waals surface area contributed by atoms with Gasteiger partial charge in [0.15, 0.2) is 17.4 Å². The van der Waals surface area contributed by atoms with Gasteiger partial charge in [-0.25, -0.2) is 0 Å². The lowest BCUT2D eigenvalue weighted by atomic mass is 9.75. The Morgan fingerprint density at radius 1 is 1.20 bits per heavy atom. The Morgan fingerprint density at radius 3 is 2.29 bits per heavy atom. The van der Waals surface area contributed by atoms with Crippen LogP contribution in [0.15, 0.2) is 30.3 Å². The van der Waals surface area contributed by atoms with Gasteiger partial charge in [0.1, 0.15) is 6.61 Å². The standard InChI is InChI=1S/C24H34F3N3O5/c1-14(2)16(18(31)24(25,26)27)30-20(33)23(11-8-12-29-23)19(32)17(28)22(3,4)21(34)35-13-15-9-6-5-7-10-15/h5-7,9-10,14,16-18,29,31H,8,11-13,28H2,1-4H3,(H,30,33)/t16?,17-,18?,23+/m0/s1. The molecule has 1 amide bonds. The van der Waals surface area contributed by atoms with Crippen LogP contribution in [0, 0.1) is 11.3 Å². The minimum atomic E-state index is -4.97. The summed E-state index contributed by atoms with van der Waals surface area (Å²) in [5, 5.41) is 14.8. The summed E-state index contributed by atoms with van der Waals surface area (Å²) in [5.74, 6) is -3.41. The van der Waals surface area contributed by atoms with Crippen LogP contribution in [0.5, 0.6) is 0 Å². The number of nitrogens with one attached hydrogen (secondary N) is 2. The van der Waals surface area contributed by atoms with E-state index in [-0.39, 0.29) is 19.6 Å². The first-order chi connectivity index (χ1) is 16.1. The van der Waals surface area contributed by atoms with Gasteiger partial charge >= 0.3 is 12.1 Å². The molecule has 0 radical (unpaired) electrons. The van der Waals surface area contributed by atoms with E-state index >= 15 is 0 Å². The molecule has 0 saturated carbocycles. The highest BCUT2D eigenvalue weighted by Crippen LogP contribution is 2.31. The number of hydrogen-bond acceptors (Lipinski definition) is 7. The number of ether oxygens (including phenoxy) is 1. The molecule has 1 aromatic carbocycles. The Bertz CT molecular complexity index is 899. The zero-order valence-corrected chi connectivity index (χ0v) is 20.3. The number of halogens is 3. The van der Waals surface area contributed by atoms with E-state index in [0.717, 1.165) is 5.56 Å². The van der Waals surface area contributed by atoms with E-state index in [4.69, 9.17) is 10.5 Å². The van der Waals surface area contributed by atoms with Gasteiger partial charge in [0.05, 0.1) is 17.5 Å². The number of carbonyl (C=O) groups is 3. The minimum absolute atomic E-state index is 0.0204. The minimum Gasteiger partial charge on any atom is -0.460 e. The van der Waals surface area contributed by atoms with E-state index in [1.54, 1.807) is 30.3 Å². The summed E-state index contributed by atoms with van der Waals surface area (Å²) in [6.07, 6.45) is -7.42. The van der Waals surface area contributed by atoms with Crippen molar-refractivity contribution in [2.75, 3.05) is 6.54 Å². The van der Waals surface area contributed by atoms with Crippen LogP contribution in [0.25, 0.3) is 0 Å². The molecule has 1 saturated heterocycles. The van der Waals surface area contributed by atoms with Crippen LogP contribution in [0.1, 0.15) is 46.1 Å². The number of alkyl halides is 3. The second-order valence-corrected chi connectivity index (χ2v) is 9.79. The third-order valence-corrected chi connectivity index (χ3v) is 6.45. The third kappa shape index (κ3) is 6.39. The Labute approximate surface area is 202 Å². The van der Waals surface area contributed by atoms with E-state index in [9.17, 15) is 32.7 Å². The van der Waals surface area contributed by atoms with Crippen molar-refractivity contribution in [2.24, 2.45) is 17.1 Å². The van der Waals surface area contributed by atoms with Gasteiger partial charge in [0.25, 0.3) is 0 Å². The van der Waals surface area contributed by atoms with Gasteiger partial charge in [-0.1, -0.05) is 44.2 Å². The summed E-state index contributed by atoms with van der Waals surface area (Å²) in [6.45, 7) is 5.85. The number of esters is 1. The molecule has 196 valence electrons. The molecule has 1 aliphatic heterocycles. The van der Waals surface area contributed by atoms with Crippen LogP contribution in [0.3, 0.4) is 0 Å². The normalized spacial score (nSPS) is 21.3. The van der Waals surface area contributed by atoms with Crippen molar-refractivity contribution in [1.29, 1.82) is 0 Å². The number of aliphatic hydroxyl groups is 1. The first-order valence-corrected chi connectivity index (χ1v) is 11.5. The predicted octanol–water partition coefficient (Wildman–Crippen LogP) is 1.84. The smallest absolute Gasteiger partial charge is 0.416 e. The first kappa shape index (κ1) is 28.7. The zero-order chi connectivity index (χ0) is 26.6. The molecule has 8 nitrogen and oxygen atoms in total. The van der Waals surface area contributed by atoms with Crippen LogP contribution >= 0.6 is 0 Å². The number of benzene rings is 1. The Hall–Kier alpha value is -2.50. The second kappa shape index (κ2) is 11.0. The maximum absolute atomic E-state index is 13.5. The largest absolute Gasteiger partial charge is 0.460 e. The predicted molar refractivity (Wildman–Crippen MR) is 122 cm³/mol. The van der Waals surface area contributed by atoms with Gasteiger partial charge in [-0.15, -0.1) is 0 Å². The van der Waals surface area contributed by atoms with Gasteiger partial charge in [-0.2, -0.15) is 13.2 Å². The zero-order valence-electron chi connectivity index (χ0n) is 20.3. The van der Waals surface area contributed by atoms with Crippen molar-refractivity contribution in [2.45, 2.75) is 77.0 Å². The van der Waals surface area contributed by atoms with Crippen molar-refractivity contribution >= 4 is 17.7 Å². The molecule has 0 bridgehead atoms. The number of hydrogen-bond donors (Lipinski definition) is 4. The monoisotopic (exact) mass is 501 g/mol. The highest BCUT2D eigenvalue weighted by atomic mass is 19.4. The lowest BCUT2D eigenvalue weighted by molar-refractivity contribution is -0.215. The molecule has 2 unspecified atom stereocenters. The average molecular weight is 502 g/mol. The molecule has 1 aliphatic rings. The Morgan fingerprint density at radius 2 is 1.80 bits per heavy atom. The molecule has 4 atom stereocenters. The summed E-state index contributed by atoms with van der Waals surface area (Å²) >= 11 is 0. The van der Waals surface area contributed by atoms with Gasteiger partial charge in [-0.05, 0) is 44.7 Å². The fourth-order valence-electron chi connectivity index (χ4n) is 3.98. The number of rotatable bonds is 10. The molecule has 11 heteroatoms. The number of amides is 1. The number of Topliss-reactive ketones (excluding diaryl/α,β-unsaturated/α-hetero) is 1. The van der Waals surface area contributed by atoms with E-state index in [1.165, 1.54) is 27.7 Å². The van der Waals surface area contributed by atoms with Crippen molar-refractivity contribution in [1.82, 2.24) is 10.6 Å². The van der Waals surface area contributed by atoms with E-state index < -0.39 is 58.9 Å². The topological polar surface area (TPSA) is 131 Å². The second-order valence-electron chi connectivity index (χ2n) is 9.79. The Kier molecular flexibility index (Phi) is 9.07. The number of ketones is 1. The van der Waals surface area contributed by atoms with Crippen molar-refractivity contribution < 1.29 is 37.4 Å². The van der Waals surface area contributed by atoms with Crippen LogP contribution in [0.4, 0.5) is 13.2 Å². The molecular formula is C24H34F3N3O5. The molecule has 5 N–H and O–H groups in total. The summed E-state index contributed by atoms with van der Waals surface area (Å²) < 4.78 is 44.8. The van der Waals surface area contributed by atoms with Gasteiger partial charge in [0.2, 0.25) is 5.91 Å². The van der Waals surface area contributed by atoms with E-state index in [1.807, 2.05) is 0 Å². The SMILES string of the molecule is CC(C)C(NC(=O)[C@]1(C(=O)[C@H](N)C(C)(C)C(=O)OCc2ccccc2)CCCN1)C(O)C(F)(F)F. The fourth-order valence-corrected chi connectivity index (χ4v) is 3.98. The van der Waals surface area contributed by atoms with Crippen LogP contribution in [-0.2, 0) is 25.7 Å². The van der Waals surface area contributed by atoms with Gasteiger partial charge in [-0.3, -0.25) is 19.7 Å². The quantitative estimate of drug-likeness (QED) is 0.284. The molecule has 1 heterocycles. The van der Waals surface area contributed by atoms with Crippen molar-refractivity contribution in [3.8, 4) is 0 Å². The maximum Gasteiger partial charge on any atom is 0.416 e. The summed E-state index contributed by atoms with van der Waals surface area (Å²) in [6, 6.07) is 5.69. The van der Waals surface area contributed by atoms with Gasteiger partial charge in [0, 0.05) is 0 Å². The number of carbonyl (C=O) groups excluding carboxylic acids is 3. The van der Waals surface area contributed by atoms with E-state index in [2.05, 4.69) is 10.6 Å². The molecule has 0 aliphatic carbocycles. The fraction of sp³-hybridized carbons (Fsp3) is 0.625. The van der Waals surface area contributed by atoms with Crippen LogP contribution < -0.4 is 16.4 Å². The van der Waals surface area contributed by atoms with Gasteiger partial charge < -0.3 is 20.9 Å². The molecule has 1 aromatic rings. The molecule has 0 aromatic heterocycles. The molecule has 0 spiro atoms. The molecule has 2 rings (SSSR count). The van der Waals surface area contributed by atoms with Crippen molar-refractivity contribution in [3.05, 3.63) is 35.9 Å². The van der Waals surface area contributed by atoms with Crippen LogP contribution in [-0.4, -0.2) is 59.2 Å². The first-order valence-electron chi connectivity index (χ1n) is 11.5. The summed E-state index contributed by atoms with van der Waals surface area (Å²) in [5.41, 5.74) is 3.45. The van der Waals surface area contributed by atoms with Crippen LogP contribution in [0.2, 0.25) is 0 Å². The summed E-state index contributed by atoms with van der Waals surface area (Å²) in [4.78, 5) is 39.5. The number of nitrogens with two attached hydrogens (primary N) is 1. The number of aliphatic hydroxyl groups excluding tert-OH is 1. The van der Waals surface area contributed by atoms with Crippen molar-refractivity contribution in [3.63, 3.8) is 0 Å². The van der Waals surface area contributed by atoms with E-state index in [0.29, 0.717) is 6.42 Å². The highest BCUT2D eigenvalue weighted by Gasteiger charge is 2.55. The lowest BCUT2D eigenvalue weighted by Crippen LogP contribution is -2.68. The lowest BCUT2D eigenvalue weighted by Gasteiger charge is -2.37. The average Bonchev–Trinajstić information content (AvgIpc) is 3.30. The molecule has 1 fully saturated rings. The third-order valence-electron chi connectivity index (χ3n) is 6.45. The summed E-state index contributed by atoms with van der Waals surface area (Å²) in [7, 11) is 0. The Balaban J connectivity index is 2.22. The molecule has 35 heavy (non-hydrogen) atoms. The maximum atomic E-state index is 13.5. The highest BCUT2D eigenvalue weighted by molar-refractivity contribution is 6.14.